The van der Waals surface area contributed by atoms with Gasteiger partial charge in [0.15, 0.2) is 0 Å². The summed E-state index contributed by atoms with van der Waals surface area (Å²) in [7, 11) is 1.62. The average Bonchev–Trinajstić information content (AvgIpc) is 2.38. The summed E-state index contributed by atoms with van der Waals surface area (Å²) >= 11 is 0. The Labute approximate surface area is 109 Å². The van der Waals surface area contributed by atoms with Crippen LogP contribution in [0.15, 0.2) is 12.3 Å². The van der Waals surface area contributed by atoms with Crippen LogP contribution in [0.25, 0.3) is 0 Å². The zero-order valence-corrected chi connectivity index (χ0v) is 10.6. The Balaban J connectivity index is 2.21. The first-order valence-electron chi connectivity index (χ1n) is 6.21. The molecule has 0 bridgehead atoms. The monoisotopic (exact) mass is 275 g/mol. The molecule has 2 atom stereocenters. The van der Waals surface area contributed by atoms with Crippen LogP contribution in [-0.2, 0) is 6.18 Å². The van der Waals surface area contributed by atoms with Gasteiger partial charge in [-0.2, -0.15) is 13.2 Å². The molecule has 1 aromatic rings. The third kappa shape index (κ3) is 3.15. The summed E-state index contributed by atoms with van der Waals surface area (Å²) in [6.45, 7) is 0. The van der Waals surface area contributed by atoms with E-state index in [0.717, 1.165) is 31.5 Å². The molecule has 1 aliphatic rings. The highest BCUT2D eigenvalue weighted by Gasteiger charge is 2.34. The Morgan fingerprint density at radius 2 is 2.00 bits per heavy atom. The third-order valence-corrected chi connectivity index (χ3v) is 3.44. The van der Waals surface area contributed by atoms with Gasteiger partial charge in [-0.05, 0) is 18.9 Å². The van der Waals surface area contributed by atoms with Gasteiger partial charge in [-0.1, -0.05) is 12.8 Å². The number of aliphatic hydroxyl groups is 1. The number of nitrogens with zero attached hydrogens (tertiary/aromatic N) is 3. The number of likely N-dealkylation sites (N-methyl/N-ethyl adjacent to an activating group) is 1. The summed E-state index contributed by atoms with van der Waals surface area (Å²) in [5, 5.41) is 9.91. The van der Waals surface area contributed by atoms with Crippen LogP contribution in [-0.4, -0.2) is 34.3 Å². The molecule has 1 N–H and O–H groups in total. The van der Waals surface area contributed by atoms with Crippen LogP contribution in [0.4, 0.5) is 19.1 Å². The van der Waals surface area contributed by atoms with Crippen LogP contribution in [0, 0.1) is 0 Å². The quantitative estimate of drug-likeness (QED) is 0.899. The van der Waals surface area contributed by atoms with Gasteiger partial charge in [-0.15, -0.1) is 0 Å². The van der Waals surface area contributed by atoms with E-state index in [-0.39, 0.29) is 12.0 Å². The van der Waals surface area contributed by atoms with Gasteiger partial charge in [0.25, 0.3) is 0 Å². The van der Waals surface area contributed by atoms with Crippen molar-refractivity contribution in [3.63, 3.8) is 0 Å². The zero-order valence-electron chi connectivity index (χ0n) is 10.6. The highest BCUT2D eigenvalue weighted by molar-refractivity contribution is 5.32. The summed E-state index contributed by atoms with van der Waals surface area (Å²) in [6.07, 6.45) is -0.650. The van der Waals surface area contributed by atoms with Crippen LogP contribution >= 0.6 is 0 Å². The van der Waals surface area contributed by atoms with Crippen LogP contribution < -0.4 is 4.90 Å². The molecule has 2 rings (SSSR count). The number of alkyl halides is 3. The molecule has 1 fully saturated rings. The average molecular weight is 275 g/mol. The number of aromatic nitrogens is 2. The number of hydrogen-bond donors (Lipinski definition) is 1. The third-order valence-electron chi connectivity index (χ3n) is 3.44. The van der Waals surface area contributed by atoms with Gasteiger partial charge in [-0.25, -0.2) is 9.97 Å². The topological polar surface area (TPSA) is 49.2 Å². The molecule has 1 saturated carbocycles. The van der Waals surface area contributed by atoms with E-state index in [0.29, 0.717) is 6.42 Å². The highest BCUT2D eigenvalue weighted by atomic mass is 19.4. The Morgan fingerprint density at radius 3 is 2.63 bits per heavy atom. The lowest BCUT2D eigenvalue weighted by molar-refractivity contribution is -0.141. The number of anilines is 1. The fourth-order valence-electron chi connectivity index (χ4n) is 2.37. The van der Waals surface area contributed by atoms with Crippen LogP contribution in [0.2, 0.25) is 0 Å². The summed E-state index contributed by atoms with van der Waals surface area (Å²) in [6, 6.07) is 0.617. The summed E-state index contributed by atoms with van der Waals surface area (Å²) in [5.74, 6) is 0.000718. The van der Waals surface area contributed by atoms with Crippen molar-refractivity contribution < 1.29 is 18.3 Å². The standard InChI is InChI=1S/C12H16F3N3O/c1-18(8-4-2-3-5-9(8)19)11-16-7-6-10(17-11)12(13,14)15/h6-9,19H,2-5H2,1H3. The fourth-order valence-corrected chi connectivity index (χ4v) is 2.37. The molecule has 1 aromatic heterocycles. The molecule has 1 heterocycles. The van der Waals surface area contributed by atoms with Crippen molar-refractivity contribution in [1.82, 2.24) is 9.97 Å². The minimum Gasteiger partial charge on any atom is -0.391 e. The van der Waals surface area contributed by atoms with E-state index in [9.17, 15) is 18.3 Å². The molecule has 0 saturated heterocycles. The molecule has 1 aliphatic carbocycles. The van der Waals surface area contributed by atoms with E-state index in [4.69, 9.17) is 0 Å². The SMILES string of the molecule is CN(c1nccc(C(F)(F)F)n1)C1CCCCC1O. The maximum absolute atomic E-state index is 12.6. The lowest BCUT2D eigenvalue weighted by atomic mass is 9.92. The second kappa shape index (κ2) is 5.32. The second-order valence-electron chi connectivity index (χ2n) is 4.77. The molecular formula is C12H16F3N3O. The molecule has 2 unspecified atom stereocenters. The van der Waals surface area contributed by atoms with Gasteiger partial charge in [0.1, 0.15) is 5.69 Å². The Morgan fingerprint density at radius 1 is 1.32 bits per heavy atom. The van der Waals surface area contributed by atoms with E-state index in [2.05, 4.69) is 9.97 Å². The summed E-state index contributed by atoms with van der Waals surface area (Å²) in [4.78, 5) is 8.94. The number of hydrogen-bond acceptors (Lipinski definition) is 4. The van der Waals surface area contributed by atoms with Gasteiger partial charge < -0.3 is 10.0 Å². The maximum atomic E-state index is 12.6. The van der Waals surface area contributed by atoms with Gasteiger partial charge in [-0.3, -0.25) is 0 Å². The van der Waals surface area contributed by atoms with Gasteiger partial charge in [0, 0.05) is 13.2 Å². The Kier molecular flexibility index (Phi) is 3.93. The second-order valence-corrected chi connectivity index (χ2v) is 4.77. The number of halogens is 3. The molecule has 0 spiro atoms. The van der Waals surface area contributed by atoms with Gasteiger partial charge >= 0.3 is 6.18 Å². The Hall–Kier alpha value is -1.37. The van der Waals surface area contributed by atoms with E-state index in [1.165, 1.54) is 0 Å². The molecule has 0 amide bonds. The van der Waals surface area contributed by atoms with E-state index in [1.54, 1.807) is 11.9 Å². The van der Waals surface area contributed by atoms with Crippen molar-refractivity contribution in [2.24, 2.45) is 0 Å². The largest absolute Gasteiger partial charge is 0.433 e. The molecular weight excluding hydrogens is 259 g/mol. The molecule has 106 valence electrons. The summed E-state index contributed by atoms with van der Waals surface area (Å²) < 4.78 is 37.8. The van der Waals surface area contributed by atoms with Gasteiger partial charge in [0.05, 0.1) is 12.1 Å². The van der Waals surface area contributed by atoms with E-state index < -0.39 is 18.0 Å². The van der Waals surface area contributed by atoms with Crippen molar-refractivity contribution >= 4 is 5.95 Å². The molecule has 7 heteroatoms. The van der Waals surface area contributed by atoms with Crippen molar-refractivity contribution in [3.8, 4) is 0 Å². The predicted molar refractivity (Wildman–Crippen MR) is 63.7 cm³/mol. The molecule has 0 aromatic carbocycles. The fraction of sp³-hybridized carbons (Fsp3) is 0.667. The van der Waals surface area contributed by atoms with Crippen molar-refractivity contribution in [3.05, 3.63) is 18.0 Å². The van der Waals surface area contributed by atoms with Crippen LogP contribution in [0.1, 0.15) is 31.4 Å². The minimum absolute atomic E-state index is 0.000718. The zero-order chi connectivity index (χ0) is 14.0. The van der Waals surface area contributed by atoms with Gasteiger partial charge in [0.2, 0.25) is 5.95 Å². The number of aliphatic hydroxyl groups excluding tert-OH is 1. The smallest absolute Gasteiger partial charge is 0.391 e. The first-order chi connectivity index (χ1) is 8.89. The minimum atomic E-state index is -4.48. The lowest BCUT2D eigenvalue weighted by Crippen LogP contribution is -2.44. The van der Waals surface area contributed by atoms with Crippen molar-refractivity contribution in [2.45, 2.75) is 44.0 Å². The van der Waals surface area contributed by atoms with Crippen molar-refractivity contribution in [2.75, 3.05) is 11.9 Å². The van der Waals surface area contributed by atoms with Crippen LogP contribution in [0.5, 0.6) is 0 Å². The molecule has 4 nitrogen and oxygen atoms in total. The number of rotatable bonds is 2. The normalized spacial score (nSPS) is 24.3. The summed E-state index contributed by atoms with van der Waals surface area (Å²) in [5.41, 5.74) is -0.963. The predicted octanol–water partition coefficient (Wildman–Crippen LogP) is 2.24. The highest BCUT2D eigenvalue weighted by Crippen LogP contribution is 2.29. The van der Waals surface area contributed by atoms with Crippen molar-refractivity contribution in [1.29, 1.82) is 0 Å². The first-order valence-corrected chi connectivity index (χ1v) is 6.21. The lowest BCUT2D eigenvalue weighted by Gasteiger charge is -2.35. The maximum Gasteiger partial charge on any atom is 0.433 e. The Bertz CT molecular complexity index is 438. The van der Waals surface area contributed by atoms with Crippen LogP contribution in [0.3, 0.4) is 0 Å². The molecule has 0 radical (unpaired) electrons. The van der Waals surface area contributed by atoms with E-state index in [1.807, 2.05) is 0 Å². The van der Waals surface area contributed by atoms with E-state index >= 15 is 0 Å². The first kappa shape index (κ1) is 14.0. The molecule has 0 aliphatic heterocycles. The molecule has 19 heavy (non-hydrogen) atoms.